The second-order valence-corrected chi connectivity index (χ2v) is 8.59. The van der Waals surface area contributed by atoms with Gasteiger partial charge in [-0.1, -0.05) is 24.3 Å². The summed E-state index contributed by atoms with van der Waals surface area (Å²) in [5.74, 6) is 0.323. The van der Waals surface area contributed by atoms with E-state index in [1.54, 1.807) is 12.3 Å². The van der Waals surface area contributed by atoms with E-state index in [1.807, 2.05) is 48.5 Å². The SMILES string of the molecule is CN(CCCCNC(=O)c1ccc(-c2ccccn2)cc1)[C@@H]1CCc2ccc(O)cc2C1. The predicted molar refractivity (Wildman–Crippen MR) is 128 cm³/mol. The first-order chi connectivity index (χ1) is 15.6. The minimum Gasteiger partial charge on any atom is -0.508 e. The summed E-state index contributed by atoms with van der Waals surface area (Å²) < 4.78 is 0. The van der Waals surface area contributed by atoms with Gasteiger partial charge in [0, 0.05) is 29.9 Å². The molecule has 32 heavy (non-hydrogen) atoms. The first-order valence-electron chi connectivity index (χ1n) is 11.4. The van der Waals surface area contributed by atoms with Crippen LogP contribution in [0.2, 0.25) is 0 Å². The fraction of sp³-hybridized carbons (Fsp3) is 0.333. The van der Waals surface area contributed by atoms with Crippen LogP contribution in [0.15, 0.2) is 66.9 Å². The normalized spacial score (nSPS) is 15.4. The van der Waals surface area contributed by atoms with E-state index in [2.05, 4.69) is 28.3 Å². The number of aromatic hydroxyl groups is 1. The van der Waals surface area contributed by atoms with Crippen molar-refractivity contribution in [1.82, 2.24) is 15.2 Å². The summed E-state index contributed by atoms with van der Waals surface area (Å²) in [6, 6.07) is 19.6. The van der Waals surface area contributed by atoms with E-state index in [1.165, 1.54) is 11.1 Å². The number of hydrogen-bond acceptors (Lipinski definition) is 4. The second kappa shape index (κ2) is 10.4. The molecule has 5 nitrogen and oxygen atoms in total. The Balaban J connectivity index is 1.17. The Bertz CT molecular complexity index is 1030. The van der Waals surface area contributed by atoms with E-state index in [4.69, 9.17) is 0 Å². The zero-order chi connectivity index (χ0) is 22.3. The number of hydrogen-bond donors (Lipinski definition) is 2. The Labute approximate surface area is 190 Å². The highest BCUT2D eigenvalue weighted by Crippen LogP contribution is 2.27. The van der Waals surface area contributed by atoms with Crippen molar-refractivity contribution in [3.63, 3.8) is 0 Å². The molecular formula is C27H31N3O2. The van der Waals surface area contributed by atoms with E-state index in [0.29, 0.717) is 23.9 Å². The molecule has 2 aromatic carbocycles. The summed E-state index contributed by atoms with van der Waals surface area (Å²) in [6.45, 7) is 1.68. The molecule has 0 aliphatic heterocycles. The van der Waals surface area contributed by atoms with Crippen molar-refractivity contribution < 1.29 is 9.90 Å². The van der Waals surface area contributed by atoms with Crippen LogP contribution in [0.3, 0.4) is 0 Å². The predicted octanol–water partition coefficient (Wildman–Crippen LogP) is 4.45. The molecule has 1 aliphatic rings. The maximum atomic E-state index is 12.4. The number of likely N-dealkylation sites (N-methyl/N-ethyl adjacent to an activating group) is 1. The number of rotatable bonds is 8. The number of fused-ring (bicyclic) bond motifs is 1. The van der Waals surface area contributed by atoms with Crippen LogP contribution in [0.4, 0.5) is 0 Å². The summed E-state index contributed by atoms with van der Waals surface area (Å²) in [6.07, 6.45) is 6.97. The average molecular weight is 430 g/mol. The van der Waals surface area contributed by atoms with Crippen LogP contribution in [0.1, 0.15) is 40.7 Å². The number of amides is 1. The Kier molecular flexibility index (Phi) is 7.17. The monoisotopic (exact) mass is 429 g/mol. The summed E-state index contributed by atoms with van der Waals surface area (Å²) in [5, 5.41) is 12.8. The first-order valence-corrected chi connectivity index (χ1v) is 11.4. The quantitative estimate of drug-likeness (QED) is 0.519. The lowest BCUT2D eigenvalue weighted by molar-refractivity contribution is 0.0952. The van der Waals surface area contributed by atoms with E-state index in [-0.39, 0.29) is 5.91 Å². The highest BCUT2D eigenvalue weighted by molar-refractivity contribution is 5.94. The Morgan fingerprint density at radius 3 is 2.72 bits per heavy atom. The van der Waals surface area contributed by atoms with E-state index in [0.717, 1.165) is 49.9 Å². The Hall–Kier alpha value is -3.18. The number of nitrogens with zero attached hydrogens (tertiary/aromatic N) is 2. The van der Waals surface area contributed by atoms with E-state index < -0.39 is 0 Å². The highest BCUT2D eigenvalue weighted by atomic mass is 16.3. The van der Waals surface area contributed by atoms with Gasteiger partial charge in [0.2, 0.25) is 0 Å². The van der Waals surface area contributed by atoms with Crippen molar-refractivity contribution in [2.24, 2.45) is 0 Å². The van der Waals surface area contributed by atoms with Crippen LogP contribution in [-0.2, 0) is 12.8 Å². The topological polar surface area (TPSA) is 65.5 Å². The first kappa shape index (κ1) is 22.0. The summed E-state index contributed by atoms with van der Waals surface area (Å²) in [4.78, 5) is 19.2. The van der Waals surface area contributed by atoms with Gasteiger partial charge >= 0.3 is 0 Å². The van der Waals surface area contributed by atoms with Gasteiger partial charge in [-0.2, -0.15) is 0 Å². The molecule has 0 unspecified atom stereocenters. The summed E-state index contributed by atoms with van der Waals surface area (Å²) >= 11 is 0. The number of carbonyl (C=O) groups is 1. The van der Waals surface area contributed by atoms with Gasteiger partial charge in [0.25, 0.3) is 5.91 Å². The second-order valence-electron chi connectivity index (χ2n) is 8.59. The van der Waals surface area contributed by atoms with Crippen LogP contribution in [0.5, 0.6) is 5.75 Å². The molecule has 0 saturated heterocycles. The lowest BCUT2D eigenvalue weighted by atomic mass is 9.87. The van der Waals surface area contributed by atoms with Crippen LogP contribution in [0.25, 0.3) is 11.3 Å². The molecule has 4 rings (SSSR count). The number of pyridine rings is 1. The fourth-order valence-corrected chi connectivity index (χ4v) is 4.40. The molecule has 0 saturated carbocycles. The number of benzene rings is 2. The molecule has 1 aromatic heterocycles. The lowest BCUT2D eigenvalue weighted by Crippen LogP contribution is -2.37. The van der Waals surface area contributed by atoms with Crippen LogP contribution in [0, 0.1) is 0 Å². The molecule has 1 heterocycles. The van der Waals surface area contributed by atoms with Gasteiger partial charge in [-0.05, 0) is 93.2 Å². The van der Waals surface area contributed by atoms with Gasteiger partial charge in [0.15, 0.2) is 0 Å². The minimum absolute atomic E-state index is 0.0328. The van der Waals surface area contributed by atoms with Crippen molar-refractivity contribution in [3.05, 3.63) is 83.6 Å². The third-order valence-corrected chi connectivity index (χ3v) is 6.35. The Morgan fingerprint density at radius 2 is 1.94 bits per heavy atom. The molecule has 5 heteroatoms. The molecule has 3 aromatic rings. The van der Waals surface area contributed by atoms with E-state index >= 15 is 0 Å². The molecule has 2 N–H and O–H groups in total. The lowest BCUT2D eigenvalue weighted by Gasteiger charge is -2.32. The number of carbonyl (C=O) groups excluding carboxylic acids is 1. The van der Waals surface area contributed by atoms with Crippen LogP contribution >= 0.6 is 0 Å². The zero-order valence-corrected chi connectivity index (χ0v) is 18.6. The zero-order valence-electron chi connectivity index (χ0n) is 18.6. The number of aromatic nitrogens is 1. The van der Waals surface area contributed by atoms with Crippen LogP contribution in [-0.4, -0.2) is 47.1 Å². The highest BCUT2D eigenvalue weighted by Gasteiger charge is 2.22. The third-order valence-electron chi connectivity index (χ3n) is 6.35. The molecule has 0 fully saturated rings. The fourth-order valence-electron chi connectivity index (χ4n) is 4.40. The Morgan fingerprint density at radius 1 is 1.09 bits per heavy atom. The van der Waals surface area contributed by atoms with Crippen LogP contribution < -0.4 is 5.32 Å². The van der Waals surface area contributed by atoms with Gasteiger partial charge in [-0.3, -0.25) is 9.78 Å². The van der Waals surface area contributed by atoms with Gasteiger partial charge in [0.1, 0.15) is 5.75 Å². The smallest absolute Gasteiger partial charge is 0.251 e. The van der Waals surface area contributed by atoms with Gasteiger partial charge in [-0.15, -0.1) is 0 Å². The molecule has 1 amide bonds. The standard InChI is InChI=1S/C27H31N3O2/c1-30(24-13-11-20-12-14-25(31)19-23(20)18-24)17-5-4-16-29-27(32)22-9-7-21(8-10-22)26-6-2-3-15-28-26/h2-3,6-10,12,14-15,19,24,31H,4-5,11,13,16-18H2,1H3,(H,29,32)/t24-/m1/s1. The summed E-state index contributed by atoms with van der Waals surface area (Å²) in [7, 11) is 2.18. The number of unbranched alkanes of at least 4 members (excludes halogenated alkanes) is 1. The number of aryl methyl sites for hydroxylation is 1. The largest absolute Gasteiger partial charge is 0.508 e. The number of nitrogens with one attached hydrogen (secondary N) is 1. The maximum absolute atomic E-state index is 12.4. The van der Waals surface area contributed by atoms with Gasteiger partial charge < -0.3 is 15.3 Å². The molecule has 166 valence electrons. The van der Waals surface area contributed by atoms with Crippen molar-refractivity contribution in [1.29, 1.82) is 0 Å². The minimum atomic E-state index is -0.0328. The number of phenols is 1. The van der Waals surface area contributed by atoms with Crippen molar-refractivity contribution in [2.45, 2.75) is 38.1 Å². The third kappa shape index (κ3) is 5.54. The number of phenolic OH excluding ortho intramolecular Hbond substituents is 1. The average Bonchev–Trinajstić information content (AvgIpc) is 2.83. The van der Waals surface area contributed by atoms with Crippen molar-refractivity contribution in [3.8, 4) is 17.0 Å². The van der Waals surface area contributed by atoms with Crippen molar-refractivity contribution in [2.75, 3.05) is 20.1 Å². The van der Waals surface area contributed by atoms with Gasteiger partial charge in [0.05, 0.1) is 5.69 Å². The molecule has 1 atom stereocenters. The summed E-state index contributed by atoms with van der Waals surface area (Å²) in [5.41, 5.74) is 5.22. The molecule has 0 bridgehead atoms. The molecule has 0 radical (unpaired) electrons. The maximum Gasteiger partial charge on any atom is 0.251 e. The molecule has 1 aliphatic carbocycles. The van der Waals surface area contributed by atoms with E-state index in [9.17, 15) is 9.90 Å². The van der Waals surface area contributed by atoms with Crippen molar-refractivity contribution >= 4 is 5.91 Å². The van der Waals surface area contributed by atoms with Gasteiger partial charge in [-0.25, -0.2) is 0 Å². The molecular weight excluding hydrogens is 398 g/mol. The molecule has 0 spiro atoms.